The molecule has 1 saturated heterocycles. The molecule has 1 aliphatic heterocycles. The zero-order valence-corrected chi connectivity index (χ0v) is 20.6. The maximum atomic E-state index is 12.9. The zero-order chi connectivity index (χ0) is 25.4. The first kappa shape index (κ1) is 26.5. The van der Waals surface area contributed by atoms with Gasteiger partial charge in [0.05, 0.1) is 24.2 Å². The van der Waals surface area contributed by atoms with E-state index < -0.39 is 11.7 Å². The van der Waals surface area contributed by atoms with E-state index in [9.17, 15) is 18.0 Å². The molecule has 0 bridgehead atoms. The fourth-order valence-corrected chi connectivity index (χ4v) is 5.01. The van der Waals surface area contributed by atoms with E-state index >= 15 is 0 Å². The Balaban J connectivity index is 1.16. The average Bonchev–Trinajstić information content (AvgIpc) is 2.87. The van der Waals surface area contributed by atoms with Crippen molar-refractivity contribution >= 4 is 22.7 Å². The quantitative estimate of drug-likeness (QED) is 0.251. The zero-order valence-electron chi connectivity index (χ0n) is 19.8. The molecule has 0 spiro atoms. The van der Waals surface area contributed by atoms with Gasteiger partial charge in [0.1, 0.15) is 12.0 Å². The molecule has 0 unspecified atom stereocenters. The first-order chi connectivity index (χ1) is 17.4. The fraction of sp³-hybridized carbons (Fsp3) is 0.462. The summed E-state index contributed by atoms with van der Waals surface area (Å²) in [7, 11) is 0. The van der Waals surface area contributed by atoms with Crippen LogP contribution in [0.1, 0.15) is 43.4 Å². The van der Waals surface area contributed by atoms with Crippen molar-refractivity contribution in [2.24, 2.45) is 0 Å². The lowest BCUT2D eigenvalue weighted by Crippen LogP contribution is -2.34. The van der Waals surface area contributed by atoms with Gasteiger partial charge in [-0.1, -0.05) is 6.07 Å². The Morgan fingerprint density at radius 1 is 1.11 bits per heavy atom. The number of nitrogens with one attached hydrogen (secondary N) is 1. The van der Waals surface area contributed by atoms with Crippen molar-refractivity contribution in [1.29, 1.82) is 0 Å². The second-order valence-electron chi connectivity index (χ2n) is 8.64. The molecular weight excluding hydrogens is 493 g/mol. The van der Waals surface area contributed by atoms with Gasteiger partial charge in [-0.2, -0.15) is 13.2 Å². The third-order valence-electron chi connectivity index (χ3n) is 5.97. The predicted molar refractivity (Wildman–Crippen MR) is 132 cm³/mol. The number of alkyl halides is 3. The summed E-state index contributed by atoms with van der Waals surface area (Å²) in [5.41, 5.74) is -0.550. The topological polar surface area (TPSA) is 73.6 Å². The molecule has 1 fully saturated rings. The summed E-state index contributed by atoms with van der Waals surface area (Å²) in [4.78, 5) is 17.3. The number of hydrogen-bond donors (Lipinski definition) is 1. The monoisotopic (exact) mass is 522 g/mol. The Morgan fingerprint density at radius 2 is 1.94 bits per heavy atom. The number of pyridine rings is 1. The second kappa shape index (κ2) is 12.6. The highest BCUT2D eigenvalue weighted by Crippen LogP contribution is 2.34. The van der Waals surface area contributed by atoms with Crippen molar-refractivity contribution in [3.05, 3.63) is 64.3 Å². The molecule has 10 heteroatoms. The molecule has 0 radical (unpaired) electrons. The van der Waals surface area contributed by atoms with Gasteiger partial charge in [-0.3, -0.25) is 9.78 Å². The highest BCUT2D eigenvalue weighted by Gasteiger charge is 2.30. The van der Waals surface area contributed by atoms with Crippen LogP contribution >= 0.6 is 11.8 Å². The molecule has 4 rings (SSSR count). The lowest BCUT2D eigenvalue weighted by molar-refractivity contribution is -0.137. The largest absolute Gasteiger partial charge is 0.487 e. The summed E-state index contributed by atoms with van der Waals surface area (Å²) in [6.07, 6.45) is 3.01. The van der Waals surface area contributed by atoms with E-state index in [1.807, 2.05) is 6.07 Å². The number of nitrogens with zero attached hydrogens (tertiary/aromatic N) is 1. The molecule has 194 valence electrons. The number of hydrogen-bond acceptors (Lipinski definition) is 7. The van der Waals surface area contributed by atoms with Crippen LogP contribution in [0.25, 0.3) is 10.9 Å². The van der Waals surface area contributed by atoms with Crippen molar-refractivity contribution < 1.29 is 27.1 Å². The number of halogens is 3. The van der Waals surface area contributed by atoms with Crippen LogP contribution in [-0.4, -0.2) is 36.6 Å². The Labute approximate surface area is 211 Å². The molecule has 6 nitrogen and oxygen atoms in total. The Hall–Kier alpha value is -2.56. The lowest BCUT2D eigenvalue weighted by Gasteiger charge is -2.22. The SMILES string of the molecule is O=c1cc(CNC2CCOCC2)occ1OCCCCCSc1ccnc2cc(C(F)(F)F)ccc12. The Morgan fingerprint density at radius 3 is 2.72 bits per heavy atom. The number of fused-ring (bicyclic) bond motifs is 1. The van der Waals surface area contributed by atoms with Crippen LogP contribution in [0.15, 0.2) is 56.9 Å². The van der Waals surface area contributed by atoms with Gasteiger partial charge in [0.2, 0.25) is 11.2 Å². The summed E-state index contributed by atoms with van der Waals surface area (Å²) in [5, 5.41) is 4.10. The molecule has 3 heterocycles. The molecule has 36 heavy (non-hydrogen) atoms. The number of rotatable bonds is 11. The predicted octanol–water partition coefficient (Wildman–Crippen LogP) is 5.82. The van der Waals surface area contributed by atoms with Gasteiger partial charge in [-0.15, -0.1) is 11.8 Å². The van der Waals surface area contributed by atoms with Crippen LogP contribution in [0.4, 0.5) is 13.2 Å². The molecule has 2 aromatic heterocycles. The van der Waals surface area contributed by atoms with E-state index in [1.54, 1.807) is 11.8 Å². The van der Waals surface area contributed by atoms with Gasteiger partial charge in [0, 0.05) is 41.8 Å². The van der Waals surface area contributed by atoms with Crippen LogP contribution in [0.2, 0.25) is 0 Å². The second-order valence-corrected chi connectivity index (χ2v) is 9.78. The molecule has 1 aromatic carbocycles. The summed E-state index contributed by atoms with van der Waals surface area (Å²) in [6.45, 7) is 2.40. The maximum absolute atomic E-state index is 12.9. The van der Waals surface area contributed by atoms with Crippen LogP contribution in [0.5, 0.6) is 5.75 Å². The minimum absolute atomic E-state index is 0.196. The van der Waals surface area contributed by atoms with Crippen molar-refractivity contribution in [2.75, 3.05) is 25.6 Å². The van der Waals surface area contributed by atoms with Crippen molar-refractivity contribution in [1.82, 2.24) is 10.3 Å². The number of thioether (sulfide) groups is 1. The van der Waals surface area contributed by atoms with Crippen LogP contribution in [-0.2, 0) is 17.5 Å². The van der Waals surface area contributed by atoms with E-state index in [1.165, 1.54) is 24.6 Å². The number of unbranched alkanes of at least 4 members (excludes halogenated alkanes) is 2. The molecular formula is C26H29F3N2O4S. The van der Waals surface area contributed by atoms with Gasteiger partial charge in [0.25, 0.3) is 0 Å². The minimum Gasteiger partial charge on any atom is -0.487 e. The van der Waals surface area contributed by atoms with Gasteiger partial charge in [-0.05, 0) is 56.1 Å². The summed E-state index contributed by atoms with van der Waals surface area (Å²) < 4.78 is 55.3. The van der Waals surface area contributed by atoms with E-state index in [-0.39, 0.29) is 11.2 Å². The molecule has 0 atom stereocenters. The smallest absolute Gasteiger partial charge is 0.416 e. The van der Waals surface area contributed by atoms with Crippen molar-refractivity contribution in [3.63, 3.8) is 0 Å². The Kier molecular flexibility index (Phi) is 9.28. The summed E-state index contributed by atoms with van der Waals surface area (Å²) in [6, 6.07) is 7.33. The maximum Gasteiger partial charge on any atom is 0.416 e. The average molecular weight is 523 g/mol. The van der Waals surface area contributed by atoms with Gasteiger partial charge < -0.3 is 19.2 Å². The van der Waals surface area contributed by atoms with Crippen LogP contribution in [0.3, 0.4) is 0 Å². The highest BCUT2D eigenvalue weighted by atomic mass is 32.2. The summed E-state index contributed by atoms with van der Waals surface area (Å²) in [5.74, 6) is 1.60. The Bertz CT molecular complexity index is 1200. The van der Waals surface area contributed by atoms with Gasteiger partial charge >= 0.3 is 6.18 Å². The number of benzene rings is 1. The fourth-order valence-electron chi connectivity index (χ4n) is 3.95. The minimum atomic E-state index is -4.38. The van der Waals surface area contributed by atoms with E-state index in [4.69, 9.17) is 13.9 Å². The van der Waals surface area contributed by atoms with E-state index in [0.717, 1.165) is 73.5 Å². The standard InChI is InChI=1S/C26H29F3N2O4S/c27-26(28,29)18-4-5-21-22(14-18)30-9-6-25(21)36-13-3-1-2-10-34-24-17-35-20(15-23(24)32)16-31-19-7-11-33-12-8-19/h4-6,9,14-15,17,19,31H,1-3,7-8,10-13,16H2. The van der Waals surface area contributed by atoms with Crippen molar-refractivity contribution in [3.8, 4) is 5.75 Å². The third-order valence-corrected chi connectivity index (χ3v) is 7.13. The van der Waals surface area contributed by atoms with Gasteiger partial charge in [0.15, 0.2) is 0 Å². The van der Waals surface area contributed by atoms with E-state index in [2.05, 4.69) is 10.3 Å². The van der Waals surface area contributed by atoms with E-state index in [0.29, 0.717) is 30.5 Å². The van der Waals surface area contributed by atoms with Crippen LogP contribution < -0.4 is 15.5 Å². The van der Waals surface area contributed by atoms with Gasteiger partial charge in [-0.25, -0.2) is 0 Å². The molecule has 0 amide bonds. The van der Waals surface area contributed by atoms with Crippen molar-refractivity contribution in [2.45, 2.75) is 55.8 Å². The molecule has 3 aromatic rings. The number of aromatic nitrogens is 1. The first-order valence-corrected chi connectivity index (χ1v) is 13.0. The molecule has 1 aliphatic rings. The molecule has 1 N–H and O–H groups in total. The summed E-state index contributed by atoms with van der Waals surface area (Å²) >= 11 is 1.60. The third kappa shape index (κ3) is 7.47. The molecule has 0 aliphatic carbocycles. The lowest BCUT2D eigenvalue weighted by atomic mass is 10.1. The normalized spacial score (nSPS) is 14.9. The molecule has 0 saturated carbocycles. The first-order valence-electron chi connectivity index (χ1n) is 12.0. The number of ether oxygens (including phenoxy) is 2. The highest BCUT2D eigenvalue weighted by molar-refractivity contribution is 7.99. The van der Waals surface area contributed by atoms with Crippen LogP contribution in [0, 0.1) is 0 Å².